The van der Waals surface area contributed by atoms with Crippen LogP contribution in [0.2, 0.25) is 5.02 Å². The molecular weight excluding hydrogens is 298 g/mol. The predicted octanol–water partition coefficient (Wildman–Crippen LogP) is 4.09. The summed E-state index contributed by atoms with van der Waals surface area (Å²) in [5.41, 5.74) is 1.13. The Morgan fingerprint density at radius 2 is 2.26 bits per heavy atom. The van der Waals surface area contributed by atoms with Gasteiger partial charge in [0.05, 0.1) is 0 Å². The first-order valence-corrected chi connectivity index (χ1v) is 8.05. The Morgan fingerprint density at radius 3 is 2.89 bits per heavy atom. The summed E-state index contributed by atoms with van der Waals surface area (Å²) in [7, 11) is 0. The van der Waals surface area contributed by atoms with Crippen molar-refractivity contribution >= 4 is 34.9 Å². The number of halogens is 1. The lowest BCUT2D eigenvalue weighted by molar-refractivity contribution is 0.552. The van der Waals surface area contributed by atoms with Gasteiger partial charge in [0.1, 0.15) is 6.33 Å². The molecule has 0 saturated heterocycles. The molecule has 2 aromatic rings. The van der Waals surface area contributed by atoms with E-state index < -0.39 is 0 Å². The molecule has 0 aliphatic carbocycles. The molecule has 0 bridgehead atoms. The summed E-state index contributed by atoms with van der Waals surface area (Å²) >= 11 is 9.28. The molecule has 0 aliphatic heterocycles. The third-order valence-corrected chi connectivity index (χ3v) is 4.50. The van der Waals surface area contributed by atoms with Crippen LogP contribution in [0.1, 0.15) is 19.4 Å². The number of aromatic nitrogens is 2. The van der Waals surface area contributed by atoms with Gasteiger partial charge in [0.2, 0.25) is 0 Å². The summed E-state index contributed by atoms with van der Waals surface area (Å²) < 4.78 is 4.91. The lowest BCUT2D eigenvalue weighted by Crippen LogP contribution is -2.19. The molecule has 102 valence electrons. The Labute approximate surface area is 127 Å². The SMILES string of the molecule is CC(C)CNCc1ccc(Sc2ncns2)cc1Cl. The molecule has 0 fully saturated rings. The Morgan fingerprint density at radius 1 is 1.42 bits per heavy atom. The maximum atomic E-state index is 6.30. The van der Waals surface area contributed by atoms with Gasteiger partial charge >= 0.3 is 0 Å². The van der Waals surface area contributed by atoms with Gasteiger partial charge in [-0.15, -0.1) is 0 Å². The van der Waals surface area contributed by atoms with Crippen molar-refractivity contribution in [3.8, 4) is 0 Å². The average Bonchev–Trinajstić information content (AvgIpc) is 2.84. The Balaban J connectivity index is 1.96. The minimum Gasteiger partial charge on any atom is -0.312 e. The van der Waals surface area contributed by atoms with Crippen molar-refractivity contribution in [2.45, 2.75) is 29.6 Å². The topological polar surface area (TPSA) is 37.8 Å². The number of nitrogens with zero attached hydrogens (tertiary/aromatic N) is 2. The first kappa shape index (κ1) is 14.8. The first-order chi connectivity index (χ1) is 9.15. The van der Waals surface area contributed by atoms with Gasteiger partial charge in [-0.3, -0.25) is 0 Å². The van der Waals surface area contributed by atoms with Crippen molar-refractivity contribution < 1.29 is 0 Å². The molecule has 1 N–H and O–H groups in total. The van der Waals surface area contributed by atoms with Gasteiger partial charge in [-0.1, -0.05) is 43.3 Å². The molecule has 0 unspecified atom stereocenters. The Kier molecular flexibility index (Phi) is 5.63. The van der Waals surface area contributed by atoms with Crippen molar-refractivity contribution in [1.82, 2.24) is 14.7 Å². The molecular formula is C13H16ClN3S2. The van der Waals surface area contributed by atoms with E-state index in [0.29, 0.717) is 5.92 Å². The number of nitrogens with one attached hydrogen (secondary N) is 1. The highest BCUT2D eigenvalue weighted by molar-refractivity contribution is 8.01. The van der Waals surface area contributed by atoms with E-state index in [1.54, 1.807) is 18.1 Å². The van der Waals surface area contributed by atoms with Gasteiger partial charge in [-0.2, -0.15) is 4.37 Å². The van der Waals surface area contributed by atoms with Gasteiger partial charge in [0, 0.05) is 16.5 Å². The normalized spacial score (nSPS) is 11.2. The van der Waals surface area contributed by atoms with Crippen molar-refractivity contribution in [3.05, 3.63) is 35.1 Å². The van der Waals surface area contributed by atoms with Crippen molar-refractivity contribution in [3.63, 3.8) is 0 Å². The molecule has 19 heavy (non-hydrogen) atoms. The van der Waals surface area contributed by atoms with Crippen LogP contribution in [-0.2, 0) is 6.54 Å². The Bertz CT molecular complexity index is 515. The predicted molar refractivity (Wildman–Crippen MR) is 82.0 cm³/mol. The lowest BCUT2D eigenvalue weighted by Gasteiger charge is -2.09. The molecule has 1 heterocycles. The number of benzene rings is 1. The summed E-state index contributed by atoms with van der Waals surface area (Å²) in [6.07, 6.45) is 1.57. The van der Waals surface area contributed by atoms with Crippen LogP contribution in [0.3, 0.4) is 0 Å². The molecule has 1 aromatic carbocycles. The van der Waals surface area contributed by atoms with E-state index in [9.17, 15) is 0 Å². The van der Waals surface area contributed by atoms with E-state index in [4.69, 9.17) is 11.6 Å². The second-order valence-corrected chi connectivity index (χ2v) is 7.10. The van der Waals surface area contributed by atoms with Crippen LogP contribution in [0, 0.1) is 5.92 Å². The number of hydrogen-bond acceptors (Lipinski definition) is 5. The Hall–Kier alpha value is -0.620. The molecule has 0 aliphatic rings. The zero-order valence-electron chi connectivity index (χ0n) is 10.9. The highest BCUT2D eigenvalue weighted by Gasteiger charge is 2.05. The van der Waals surface area contributed by atoms with Gasteiger partial charge in [-0.05, 0) is 41.7 Å². The molecule has 0 saturated carbocycles. The van der Waals surface area contributed by atoms with E-state index in [1.807, 2.05) is 6.07 Å². The molecule has 3 nitrogen and oxygen atoms in total. The van der Waals surface area contributed by atoms with E-state index in [1.165, 1.54) is 11.5 Å². The molecule has 0 amide bonds. The summed E-state index contributed by atoms with van der Waals surface area (Å²) in [5.74, 6) is 0.644. The third kappa shape index (κ3) is 4.76. The molecule has 0 spiro atoms. The highest BCUT2D eigenvalue weighted by atomic mass is 35.5. The van der Waals surface area contributed by atoms with Gasteiger partial charge in [-0.25, -0.2) is 4.98 Å². The van der Waals surface area contributed by atoms with Crippen molar-refractivity contribution in [2.75, 3.05) is 6.54 Å². The summed E-state index contributed by atoms with van der Waals surface area (Å²) in [6, 6.07) is 6.13. The zero-order valence-corrected chi connectivity index (χ0v) is 13.3. The van der Waals surface area contributed by atoms with Crippen LogP contribution in [0.4, 0.5) is 0 Å². The molecule has 0 radical (unpaired) electrons. The maximum absolute atomic E-state index is 6.30. The van der Waals surface area contributed by atoms with Gasteiger partial charge in [0.15, 0.2) is 4.34 Å². The van der Waals surface area contributed by atoms with Crippen LogP contribution in [0.25, 0.3) is 0 Å². The van der Waals surface area contributed by atoms with Crippen LogP contribution in [-0.4, -0.2) is 15.9 Å². The standard InChI is InChI=1S/C13H16ClN3S2/c1-9(2)6-15-7-10-3-4-11(5-12(10)14)18-13-16-8-17-19-13/h3-5,8-9,15H,6-7H2,1-2H3. The van der Waals surface area contributed by atoms with E-state index in [0.717, 1.165) is 32.9 Å². The second kappa shape index (κ2) is 7.24. The quantitative estimate of drug-likeness (QED) is 0.871. The molecule has 1 aromatic heterocycles. The van der Waals surface area contributed by atoms with Crippen molar-refractivity contribution in [1.29, 1.82) is 0 Å². The van der Waals surface area contributed by atoms with Crippen LogP contribution in [0.5, 0.6) is 0 Å². The second-order valence-electron chi connectivity index (χ2n) is 4.59. The largest absolute Gasteiger partial charge is 0.312 e. The van der Waals surface area contributed by atoms with Gasteiger partial charge < -0.3 is 5.32 Å². The summed E-state index contributed by atoms with van der Waals surface area (Å²) in [4.78, 5) is 5.24. The third-order valence-electron chi connectivity index (χ3n) is 2.44. The fraction of sp³-hybridized carbons (Fsp3) is 0.385. The molecule has 0 atom stereocenters. The minimum absolute atomic E-state index is 0.644. The van der Waals surface area contributed by atoms with Crippen LogP contribution < -0.4 is 5.32 Å². The highest BCUT2D eigenvalue weighted by Crippen LogP contribution is 2.31. The zero-order chi connectivity index (χ0) is 13.7. The first-order valence-electron chi connectivity index (χ1n) is 6.09. The van der Waals surface area contributed by atoms with Gasteiger partial charge in [0.25, 0.3) is 0 Å². The number of hydrogen-bond donors (Lipinski definition) is 1. The van der Waals surface area contributed by atoms with E-state index in [2.05, 4.69) is 40.7 Å². The fourth-order valence-corrected chi connectivity index (χ4v) is 3.31. The monoisotopic (exact) mass is 313 g/mol. The molecule has 6 heteroatoms. The van der Waals surface area contributed by atoms with E-state index >= 15 is 0 Å². The van der Waals surface area contributed by atoms with Crippen LogP contribution >= 0.6 is 34.9 Å². The van der Waals surface area contributed by atoms with Crippen molar-refractivity contribution in [2.24, 2.45) is 5.92 Å². The summed E-state index contributed by atoms with van der Waals surface area (Å²) in [6.45, 7) is 6.19. The molecule has 2 rings (SSSR count). The minimum atomic E-state index is 0.644. The number of rotatable bonds is 6. The van der Waals surface area contributed by atoms with E-state index in [-0.39, 0.29) is 0 Å². The fourth-order valence-electron chi connectivity index (χ4n) is 1.54. The van der Waals surface area contributed by atoms with Crippen LogP contribution in [0.15, 0.2) is 33.8 Å². The smallest absolute Gasteiger partial charge is 0.174 e. The maximum Gasteiger partial charge on any atom is 0.174 e. The summed E-state index contributed by atoms with van der Waals surface area (Å²) in [5, 5.41) is 4.19. The lowest BCUT2D eigenvalue weighted by atomic mass is 10.2. The average molecular weight is 314 g/mol.